The molecule has 0 bridgehead atoms. The van der Waals surface area contributed by atoms with Gasteiger partial charge in [-0.25, -0.2) is 4.79 Å². The number of hydrogen-bond donors (Lipinski definition) is 3. The number of hydrogen-bond acceptors (Lipinski definition) is 3. The molecule has 0 aliphatic rings. The minimum Gasteiger partial charge on any atom is -0.565 e. The van der Waals surface area contributed by atoms with E-state index in [0.717, 1.165) is 0 Å². The van der Waals surface area contributed by atoms with Gasteiger partial charge in [-0.2, -0.15) is 0 Å². The smallest absolute Gasteiger partial charge is 0.565 e. The minimum atomic E-state index is -2.08. The second kappa shape index (κ2) is 11.9. The first-order chi connectivity index (χ1) is 4.00. The van der Waals surface area contributed by atoms with Crippen molar-refractivity contribution >= 4 is 12.2 Å². The number of nitrogens with two attached hydrogens (primary N) is 1. The van der Waals surface area contributed by atoms with Crippen LogP contribution in [0.25, 0.3) is 0 Å². The van der Waals surface area contributed by atoms with Crippen LogP contribution < -0.4 is 67.5 Å². The van der Waals surface area contributed by atoms with Crippen LogP contribution in [0.5, 0.6) is 0 Å². The van der Waals surface area contributed by atoms with E-state index in [-0.39, 0.29) is 51.4 Å². The van der Waals surface area contributed by atoms with Crippen LogP contribution in [0.3, 0.4) is 0 Å². The summed E-state index contributed by atoms with van der Waals surface area (Å²) < 4.78 is 0. The van der Waals surface area contributed by atoms with Gasteiger partial charge in [0, 0.05) is 7.05 Å². The molecular formula is C3H7KN2O4. The van der Waals surface area contributed by atoms with E-state index in [1.54, 1.807) is 0 Å². The molecule has 54 valence electrons. The summed E-state index contributed by atoms with van der Waals surface area (Å²) in [5.74, 6) is 0. The molecule has 0 saturated heterocycles. The van der Waals surface area contributed by atoms with Crippen molar-refractivity contribution in [1.82, 2.24) is 5.32 Å². The van der Waals surface area contributed by atoms with Gasteiger partial charge < -0.3 is 26.1 Å². The van der Waals surface area contributed by atoms with Gasteiger partial charge >= 0.3 is 57.4 Å². The molecule has 2 amide bonds. The third kappa shape index (κ3) is 88.9. The third-order valence-corrected chi connectivity index (χ3v) is 0.246. The third-order valence-electron chi connectivity index (χ3n) is 0.246. The summed E-state index contributed by atoms with van der Waals surface area (Å²) in [7, 11) is 1.47. The average molecular weight is 174 g/mol. The van der Waals surface area contributed by atoms with Gasteiger partial charge in [-0.05, 0) is 0 Å². The van der Waals surface area contributed by atoms with Crippen molar-refractivity contribution in [2.75, 3.05) is 7.05 Å². The summed E-state index contributed by atoms with van der Waals surface area (Å²) in [6.07, 6.45) is -2.08. The van der Waals surface area contributed by atoms with Crippen LogP contribution in [0.2, 0.25) is 0 Å². The molecular weight excluding hydrogens is 167 g/mol. The molecule has 10 heavy (non-hydrogen) atoms. The fraction of sp³-hybridized carbons (Fsp3) is 0.333. The summed E-state index contributed by atoms with van der Waals surface area (Å²) in [4.78, 5) is 17.9. The number of carboxylic acid groups (broad SMARTS) is 2. The molecule has 0 aromatic rings. The number of carbonyl (C=O) groups excluding carboxylic acids is 1. The zero-order chi connectivity index (χ0) is 7.86. The maximum Gasteiger partial charge on any atom is 1.00 e. The maximum absolute atomic E-state index is 9.48. The molecule has 7 heteroatoms. The Morgan fingerprint density at radius 3 is 1.70 bits per heavy atom. The topological polar surface area (TPSA) is 115 Å². The predicted octanol–water partition coefficient (Wildman–Crippen LogP) is -4.82. The van der Waals surface area contributed by atoms with Crippen molar-refractivity contribution in [2.24, 2.45) is 5.73 Å². The minimum absolute atomic E-state index is 0. The summed E-state index contributed by atoms with van der Waals surface area (Å²) in [5, 5.41) is 17.5. The van der Waals surface area contributed by atoms with Gasteiger partial charge in [0.25, 0.3) is 0 Å². The second-order valence-electron chi connectivity index (χ2n) is 0.880. The van der Waals surface area contributed by atoms with Crippen LogP contribution >= 0.6 is 0 Å². The SMILES string of the molecule is CNC(N)=O.O=C([O-])O.[K+]. The Bertz CT molecular complexity index is 103. The number of carbonyl (C=O) groups is 2. The van der Waals surface area contributed by atoms with E-state index in [9.17, 15) is 4.79 Å². The maximum atomic E-state index is 9.48. The van der Waals surface area contributed by atoms with Crippen molar-refractivity contribution in [3.63, 3.8) is 0 Å². The standard InChI is InChI=1S/C2H6N2O.CH2O3.K/c1-4-2(3)5;2-1(3)4;/h1H3,(H3,3,4,5);(H2,2,3,4);/q;;+1/p-1. The number of rotatable bonds is 0. The van der Waals surface area contributed by atoms with Gasteiger partial charge in [-0.3, -0.25) is 0 Å². The van der Waals surface area contributed by atoms with Crippen molar-refractivity contribution in [1.29, 1.82) is 0 Å². The van der Waals surface area contributed by atoms with E-state index in [1.807, 2.05) is 0 Å². The molecule has 0 aromatic heterocycles. The molecule has 0 fully saturated rings. The molecule has 0 atom stereocenters. The van der Waals surface area contributed by atoms with Crippen molar-refractivity contribution in [2.45, 2.75) is 0 Å². The Kier molecular flexibility index (Phi) is 19.8. The fourth-order valence-corrected chi connectivity index (χ4v) is 0. The Morgan fingerprint density at radius 1 is 1.60 bits per heavy atom. The molecule has 0 spiro atoms. The molecule has 0 aliphatic heterocycles. The molecule has 0 radical (unpaired) electrons. The molecule has 6 nitrogen and oxygen atoms in total. The van der Waals surface area contributed by atoms with Crippen LogP contribution in [0, 0.1) is 0 Å². The van der Waals surface area contributed by atoms with Crippen LogP contribution in [0.4, 0.5) is 9.59 Å². The number of urea groups is 1. The van der Waals surface area contributed by atoms with Crippen molar-refractivity contribution < 1.29 is 71.2 Å². The molecule has 0 rings (SSSR count). The first-order valence-electron chi connectivity index (χ1n) is 1.87. The van der Waals surface area contributed by atoms with Gasteiger partial charge in [0.1, 0.15) is 0 Å². The normalized spacial score (nSPS) is 5.70. The van der Waals surface area contributed by atoms with Crippen LogP contribution in [0.15, 0.2) is 0 Å². The van der Waals surface area contributed by atoms with Gasteiger partial charge in [-0.1, -0.05) is 0 Å². The van der Waals surface area contributed by atoms with Gasteiger partial charge in [0.05, 0.1) is 0 Å². The summed E-state index contributed by atoms with van der Waals surface area (Å²) >= 11 is 0. The first kappa shape index (κ1) is 16.6. The quantitative estimate of drug-likeness (QED) is 0.319. The van der Waals surface area contributed by atoms with Crippen LogP contribution in [0.1, 0.15) is 0 Å². The number of nitrogens with one attached hydrogen (secondary N) is 1. The fourth-order valence-electron chi connectivity index (χ4n) is 0. The number of primary amides is 1. The predicted molar refractivity (Wildman–Crippen MR) is 26.7 cm³/mol. The summed E-state index contributed by atoms with van der Waals surface area (Å²) in [5.41, 5.74) is 4.54. The van der Waals surface area contributed by atoms with Gasteiger partial charge in [0.15, 0.2) is 0 Å². The molecule has 0 saturated carbocycles. The number of amides is 2. The summed E-state index contributed by atoms with van der Waals surface area (Å²) in [6, 6.07) is -0.495. The monoisotopic (exact) mass is 174 g/mol. The van der Waals surface area contributed by atoms with Crippen molar-refractivity contribution in [3.8, 4) is 0 Å². The second-order valence-corrected chi connectivity index (χ2v) is 0.880. The first-order valence-corrected chi connectivity index (χ1v) is 1.87. The summed E-state index contributed by atoms with van der Waals surface area (Å²) in [6.45, 7) is 0. The largest absolute Gasteiger partial charge is 1.00 e. The molecule has 4 N–H and O–H groups in total. The van der Waals surface area contributed by atoms with E-state index in [0.29, 0.717) is 0 Å². The molecule has 0 aromatic carbocycles. The zero-order valence-electron chi connectivity index (χ0n) is 5.75. The average Bonchev–Trinajstić information content (AvgIpc) is 1.65. The van der Waals surface area contributed by atoms with E-state index < -0.39 is 12.2 Å². The zero-order valence-corrected chi connectivity index (χ0v) is 8.87. The van der Waals surface area contributed by atoms with Crippen molar-refractivity contribution in [3.05, 3.63) is 0 Å². The van der Waals surface area contributed by atoms with E-state index in [1.165, 1.54) is 7.05 Å². The van der Waals surface area contributed by atoms with Gasteiger partial charge in [-0.15, -0.1) is 0 Å². The Labute approximate surface area is 100 Å². The molecule has 0 heterocycles. The molecule has 0 unspecified atom stereocenters. The molecule has 0 aliphatic carbocycles. The Hall–Kier alpha value is 0.176. The Morgan fingerprint density at radius 2 is 1.70 bits per heavy atom. The van der Waals surface area contributed by atoms with E-state index >= 15 is 0 Å². The van der Waals surface area contributed by atoms with Crippen LogP contribution in [-0.4, -0.2) is 24.3 Å². The Balaban J connectivity index is -0.0000000910. The van der Waals surface area contributed by atoms with Gasteiger partial charge in [0.2, 0.25) is 6.16 Å². The van der Waals surface area contributed by atoms with Crippen LogP contribution in [-0.2, 0) is 0 Å². The van der Waals surface area contributed by atoms with E-state index in [2.05, 4.69) is 11.1 Å². The van der Waals surface area contributed by atoms with E-state index in [4.69, 9.17) is 15.0 Å².